The molecule has 7 heteroatoms. The molecule has 1 fully saturated rings. The lowest BCUT2D eigenvalue weighted by atomic mass is 9.72. The van der Waals surface area contributed by atoms with E-state index < -0.39 is 11.5 Å². The lowest BCUT2D eigenvalue weighted by molar-refractivity contribution is -0.0639. The molecule has 1 N–H and O–H groups in total. The van der Waals surface area contributed by atoms with Gasteiger partial charge in [0.2, 0.25) is 0 Å². The summed E-state index contributed by atoms with van der Waals surface area (Å²) in [6, 6.07) is 20.1. The Balaban J connectivity index is 1.64. The van der Waals surface area contributed by atoms with Crippen LogP contribution < -0.4 is 0 Å². The van der Waals surface area contributed by atoms with Gasteiger partial charge in [-0.25, -0.2) is 0 Å². The topological polar surface area (TPSA) is 40.5 Å². The first kappa shape index (κ1) is 24.5. The molecule has 1 aliphatic rings. The Labute approximate surface area is 213 Å². The van der Waals surface area contributed by atoms with Gasteiger partial charge in [-0.15, -0.1) is 0 Å². The van der Waals surface area contributed by atoms with E-state index >= 15 is 0 Å². The first-order chi connectivity index (χ1) is 15.8. The number of hydrogen-bond donors (Lipinski definition) is 1. The molecule has 3 nitrogen and oxygen atoms in total. The largest absolute Gasteiger partial charge is 0.384 e. The molecular weight excluding hydrogens is 500 g/mol. The van der Waals surface area contributed by atoms with Crippen LogP contribution in [-0.4, -0.2) is 35.4 Å². The average molecular weight is 523 g/mol. The van der Waals surface area contributed by atoms with Crippen LogP contribution in [0.15, 0.2) is 66.7 Å². The third kappa shape index (κ3) is 5.40. The normalized spacial score (nSPS) is 21.2. The molecule has 0 bridgehead atoms. The van der Waals surface area contributed by atoms with Crippen LogP contribution in [0.4, 0.5) is 0 Å². The van der Waals surface area contributed by atoms with Crippen molar-refractivity contribution >= 4 is 52.2 Å². The second-order valence-corrected chi connectivity index (χ2v) is 10.0. The van der Waals surface area contributed by atoms with Crippen LogP contribution in [0.25, 0.3) is 0 Å². The summed E-state index contributed by atoms with van der Waals surface area (Å²) >= 11 is 24.6. The number of Topliss-reactive ketones (excluding diaryl/α,β-unsaturated/α-hetero) is 1. The number of carbonyl (C=O) groups excluding carboxylic acids is 1. The molecule has 1 saturated heterocycles. The monoisotopic (exact) mass is 521 g/mol. The van der Waals surface area contributed by atoms with Crippen LogP contribution >= 0.6 is 46.4 Å². The maximum absolute atomic E-state index is 13.7. The lowest BCUT2D eigenvalue weighted by Crippen LogP contribution is -2.53. The van der Waals surface area contributed by atoms with Gasteiger partial charge in [0, 0.05) is 25.2 Å². The van der Waals surface area contributed by atoms with Crippen molar-refractivity contribution in [3.8, 4) is 0 Å². The fraction of sp³-hybridized carbons (Fsp3) is 0.269. The van der Waals surface area contributed by atoms with E-state index in [0.29, 0.717) is 50.7 Å². The molecule has 0 aliphatic carbocycles. The molecule has 172 valence electrons. The Morgan fingerprint density at radius 2 is 1.58 bits per heavy atom. The van der Waals surface area contributed by atoms with E-state index in [2.05, 4.69) is 17.0 Å². The Morgan fingerprint density at radius 1 is 0.909 bits per heavy atom. The molecule has 0 spiro atoms. The van der Waals surface area contributed by atoms with Gasteiger partial charge in [-0.05, 0) is 54.3 Å². The Bertz CT molecular complexity index is 1150. The third-order valence-electron chi connectivity index (χ3n) is 6.33. The highest BCUT2D eigenvalue weighted by Crippen LogP contribution is 2.41. The van der Waals surface area contributed by atoms with Gasteiger partial charge >= 0.3 is 0 Å². The minimum absolute atomic E-state index is 0.188. The number of rotatable bonds is 6. The van der Waals surface area contributed by atoms with Gasteiger partial charge in [0.25, 0.3) is 0 Å². The molecule has 33 heavy (non-hydrogen) atoms. The highest BCUT2D eigenvalue weighted by Gasteiger charge is 2.47. The van der Waals surface area contributed by atoms with Crippen molar-refractivity contribution in [1.82, 2.24) is 4.90 Å². The zero-order chi connectivity index (χ0) is 23.6. The summed E-state index contributed by atoms with van der Waals surface area (Å²) in [5, 5.41) is 13.3. The van der Waals surface area contributed by atoms with Crippen LogP contribution in [0.3, 0.4) is 0 Å². The van der Waals surface area contributed by atoms with Crippen molar-refractivity contribution in [2.45, 2.75) is 18.4 Å². The van der Waals surface area contributed by atoms with Crippen molar-refractivity contribution < 1.29 is 9.90 Å². The number of ketones is 1. The van der Waals surface area contributed by atoms with Crippen LogP contribution in [-0.2, 0) is 12.0 Å². The van der Waals surface area contributed by atoms with E-state index in [1.54, 1.807) is 36.4 Å². The SMILES string of the molecule is O=C(c1ccc(Cl)c(Cl)c1)[C@@H]1CN(CCc2ccccc2)CC[C@@]1(O)c1ccc(Cl)c(Cl)c1. The number of benzene rings is 3. The van der Waals surface area contributed by atoms with Crippen molar-refractivity contribution in [1.29, 1.82) is 0 Å². The molecule has 0 radical (unpaired) electrons. The molecule has 0 unspecified atom stereocenters. The number of carbonyl (C=O) groups is 1. The van der Waals surface area contributed by atoms with E-state index in [0.717, 1.165) is 13.0 Å². The zero-order valence-electron chi connectivity index (χ0n) is 17.8. The minimum atomic E-state index is -1.39. The van der Waals surface area contributed by atoms with Gasteiger partial charge < -0.3 is 10.0 Å². The quantitative estimate of drug-likeness (QED) is 0.356. The maximum Gasteiger partial charge on any atom is 0.170 e. The zero-order valence-corrected chi connectivity index (χ0v) is 20.8. The van der Waals surface area contributed by atoms with Crippen LogP contribution in [0.2, 0.25) is 20.1 Å². The molecule has 3 aromatic rings. The molecule has 0 saturated carbocycles. The summed E-state index contributed by atoms with van der Waals surface area (Å²) in [6.45, 7) is 1.84. The van der Waals surface area contributed by atoms with E-state index in [-0.39, 0.29) is 5.78 Å². The van der Waals surface area contributed by atoms with Gasteiger partial charge in [-0.2, -0.15) is 0 Å². The lowest BCUT2D eigenvalue weighted by Gasteiger charge is -2.44. The first-order valence-corrected chi connectivity index (χ1v) is 12.2. The number of nitrogens with zero attached hydrogens (tertiary/aromatic N) is 1. The summed E-state index contributed by atoms with van der Waals surface area (Å²) in [4.78, 5) is 15.9. The molecule has 4 rings (SSSR count). The molecule has 1 aliphatic heterocycles. The average Bonchev–Trinajstić information content (AvgIpc) is 2.82. The van der Waals surface area contributed by atoms with Crippen LogP contribution in [0.5, 0.6) is 0 Å². The molecule has 1 heterocycles. The summed E-state index contributed by atoms with van der Waals surface area (Å²) in [7, 11) is 0. The smallest absolute Gasteiger partial charge is 0.170 e. The summed E-state index contributed by atoms with van der Waals surface area (Å²) in [5.41, 5.74) is 0.840. The number of halogens is 4. The Kier molecular flexibility index (Phi) is 7.69. The second kappa shape index (κ2) is 10.4. The maximum atomic E-state index is 13.7. The van der Waals surface area contributed by atoms with Crippen molar-refractivity contribution in [3.05, 3.63) is 104 Å². The van der Waals surface area contributed by atoms with Crippen molar-refractivity contribution in [2.24, 2.45) is 5.92 Å². The molecule has 0 aromatic heterocycles. The molecule has 2 atom stereocenters. The van der Waals surface area contributed by atoms with E-state index in [1.807, 2.05) is 18.2 Å². The Hall–Kier alpha value is -1.59. The van der Waals surface area contributed by atoms with Gasteiger partial charge in [0.15, 0.2) is 5.78 Å². The van der Waals surface area contributed by atoms with E-state index in [4.69, 9.17) is 46.4 Å². The van der Waals surface area contributed by atoms with E-state index in [1.165, 1.54) is 5.56 Å². The predicted octanol–water partition coefficient (Wildman–Crippen LogP) is 6.94. The summed E-state index contributed by atoms with van der Waals surface area (Å²) in [6.07, 6.45) is 1.25. The second-order valence-electron chi connectivity index (χ2n) is 8.39. The minimum Gasteiger partial charge on any atom is -0.384 e. The van der Waals surface area contributed by atoms with Crippen molar-refractivity contribution in [3.63, 3.8) is 0 Å². The summed E-state index contributed by atoms with van der Waals surface area (Å²) in [5.74, 6) is -0.900. The molecular formula is C26H23Cl4NO2. The standard InChI is InChI=1S/C26H23Cl4NO2/c27-21-8-6-18(14-23(21)29)25(32)20-16-31(12-10-17-4-2-1-3-5-17)13-11-26(20,33)19-7-9-22(28)24(30)15-19/h1-9,14-15,20,33H,10-13,16H2/t20-,26+/m0/s1. The van der Waals surface area contributed by atoms with E-state index in [9.17, 15) is 9.90 Å². The first-order valence-electron chi connectivity index (χ1n) is 10.7. The summed E-state index contributed by atoms with van der Waals surface area (Å²) < 4.78 is 0. The highest BCUT2D eigenvalue weighted by molar-refractivity contribution is 6.42. The van der Waals surface area contributed by atoms with Crippen molar-refractivity contribution in [2.75, 3.05) is 19.6 Å². The molecule has 3 aromatic carbocycles. The van der Waals surface area contributed by atoms with Gasteiger partial charge in [-0.3, -0.25) is 4.79 Å². The third-order valence-corrected chi connectivity index (χ3v) is 7.80. The van der Waals surface area contributed by atoms with Crippen LogP contribution in [0.1, 0.15) is 27.9 Å². The number of hydrogen-bond acceptors (Lipinski definition) is 3. The number of piperidine rings is 1. The number of aliphatic hydroxyl groups is 1. The Morgan fingerprint density at radius 3 is 2.24 bits per heavy atom. The predicted molar refractivity (Wildman–Crippen MR) is 136 cm³/mol. The highest BCUT2D eigenvalue weighted by atomic mass is 35.5. The molecule has 0 amide bonds. The number of likely N-dealkylation sites (tertiary alicyclic amines) is 1. The fourth-order valence-electron chi connectivity index (χ4n) is 4.40. The van der Waals surface area contributed by atoms with Gasteiger partial charge in [0.1, 0.15) is 5.60 Å². The van der Waals surface area contributed by atoms with Gasteiger partial charge in [0.05, 0.1) is 26.0 Å². The van der Waals surface area contributed by atoms with Crippen LogP contribution in [0, 0.1) is 5.92 Å². The fourth-order valence-corrected chi connectivity index (χ4v) is 5.00. The van der Waals surface area contributed by atoms with Gasteiger partial charge in [-0.1, -0.05) is 82.8 Å².